The van der Waals surface area contributed by atoms with Gasteiger partial charge >= 0.3 is 6.03 Å². The summed E-state index contributed by atoms with van der Waals surface area (Å²) in [6, 6.07) is 14.2. The Hall–Kier alpha value is -2.69. The summed E-state index contributed by atoms with van der Waals surface area (Å²) in [7, 11) is 0. The van der Waals surface area contributed by atoms with E-state index in [1.54, 1.807) is 24.3 Å². The Morgan fingerprint density at radius 2 is 1.39 bits per heavy atom. The van der Waals surface area contributed by atoms with Gasteiger partial charge in [0.2, 0.25) is 0 Å². The average molecular weight is 314 g/mol. The summed E-state index contributed by atoms with van der Waals surface area (Å²) in [5.41, 5.74) is 1.40. The molecular weight excluding hydrogens is 292 g/mol. The van der Waals surface area contributed by atoms with Crippen molar-refractivity contribution in [1.29, 1.82) is 0 Å². The molecule has 5 heteroatoms. The molecule has 0 aliphatic rings. The quantitative estimate of drug-likeness (QED) is 0.824. The van der Waals surface area contributed by atoms with Gasteiger partial charge in [0, 0.05) is 11.4 Å². The largest absolute Gasteiger partial charge is 0.494 e. The maximum atomic E-state index is 12.0. The molecule has 2 amide bonds. The highest BCUT2D eigenvalue weighted by molar-refractivity contribution is 5.99. The minimum absolute atomic E-state index is 0.122. The van der Waals surface area contributed by atoms with Gasteiger partial charge in [0.25, 0.3) is 0 Å². The van der Waals surface area contributed by atoms with Crippen molar-refractivity contribution in [3.63, 3.8) is 0 Å². The van der Waals surface area contributed by atoms with Crippen LogP contribution in [0.5, 0.6) is 11.5 Å². The zero-order valence-corrected chi connectivity index (χ0v) is 13.6. The van der Waals surface area contributed by atoms with E-state index in [2.05, 4.69) is 10.6 Å². The van der Waals surface area contributed by atoms with Gasteiger partial charge in [-0.3, -0.25) is 0 Å². The molecule has 5 nitrogen and oxygen atoms in total. The lowest BCUT2D eigenvalue weighted by Gasteiger charge is -2.11. The zero-order valence-electron chi connectivity index (χ0n) is 13.6. The first-order chi connectivity index (χ1) is 11.1. The van der Waals surface area contributed by atoms with Crippen LogP contribution < -0.4 is 20.1 Å². The van der Waals surface area contributed by atoms with Crippen LogP contribution in [-0.2, 0) is 0 Å². The normalized spacial score (nSPS) is 10.3. The minimum atomic E-state index is -0.299. The Labute approximate surface area is 136 Å². The van der Waals surface area contributed by atoms with E-state index in [4.69, 9.17) is 9.47 Å². The second-order valence-corrected chi connectivity index (χ2v) is 5.23. The predicted molar refractivity (Wildman–Crippen MR) is 92.5 cm³/mol. The third kappa shape index (κ3) is 5.54. The summed E-state index contributed by atoms with van der Waals surface area (Å²) in [6.07, 6.45) is 0.122. The summed E-state index contributed by atoms with van der Waals surface area (Å²) < 4.78 is 10.9. The summed E-state index contributed by atoms with van der Waals surface area (Å²) in [4.78, 5) is 12.0. The first-order valence-electron chi connectivity index (χ1n) is 7.64. The summed E-state index contributed by atoms with van der Waals surface area (Å²) in [5.74, 6) is 1.55. The fourth-order valence-electron chi connectivity index (χ4n) is 1.98. The van der Waals surface area contributed by atoms with Crippen molar-refractivity contribution < 1.29 is 14.3 Å². The maximum absolute atomic E-state index is 12.0. The van der Waals surface area contributed by atoms with Gasteiger partial charge in [0.15, 0.2) is 0 Å². The number of nitrogens with one attached hydrogen (secondary N) is 2. The third-order valence-electron chi connectivity index (χ3n) is 2.91. The van der Waals surface area contributed by atoms with Gasteiger partial charge in [-0.2, -0.15) is 0 Å². The number of hydrogen-bond donors (Lipinski definition) is 2. The lowest BCUT2D eigenvalue weighted by Crippen LogP contribution is -2.19. The van der Waals surface area contributed by atoms with E-state index in [0.717, 1.165) is 11.5 Å². The fraction of sp³-hybridized carbons (Fsp3) is 0.278. The van der Waals surface area contributed by atoms with Crippen LogP contribution in [0.25, 0.3) is 0 Å². The van der Waals surface area contributed by atoms with Crippen LogP contribution in [0.3, 0.4) is 0 Å². The molecule has 0 unspecified atom stereocenters. The first kappa shape index (κ1) is 16.7. The van der Waals surface area contributed by atoms with E-state index in [1.165, 1.54) is 0 Å². The molecule has 0 aliphatic heterocycles. The number of amides is 2. The number of carbonyl (C=O) groups is 1. The summed E-state index contributed by atoms with van der Waals surface area (Å²) in [5, 5.41) is 5.54. The Bertz CT molecular complexity index is 622. The second-order valence-electron chi connectivity index (χ2n) is 5.23. The number of carbonyl (C=O) groups excluding carboxylic acids is 1. The first-order valence-corrected chi connectivity index (χ1v) is 7.64. The molecule has 2 rings (SSSR count). The van der Waals surface area contributed by atoms with Crippen LogP contribution in [-0.4, -0.2) is 18.7 Å². The number of urea groups is 1. The molecular formula is C18H22N2O3. The zero-order chi connectivity index (χ0) is 16.7. The van der Waals surface area contributed by atoms with Crippen molar-refractivity contribution in [1.82, 2.24) is 0 Å². The van der Waals surface area contributed by atoms with Gasteiger partial charge in [0.05, 0.1) is 12.7 Å². The van der Waals surface area contributed by atoms with Crippen LogP contribution in [0.2, 0.25) is 0 Å². The van der Waals surface area contributed by atoms with E-state index in [-0.39, 0.29) is 12.1 Å². The summed E-state index contributed by atoms with van der Waals surface area (Å²) >= 11 is 0. The highest BCUT2D eigenvalue weighted by atomic mass is 16.5. The number of anilines is 2. The van der Waals surface area contributed by atoms with Crippen molar-refractivity contribution in [3.8, 4) is 11.5 Å². The predicted octanol–water partition coefficient (Wildman–Crippen LogP) is 4.52. The second kappa shape index (κ2) is 8.08. The molecule has 23 heavy (non-hydrogen) atoms. The minimum Gasteiger partial charge on any atom is -0.494 e. The van der Waals surface area contributed by atoms with Crippen LogP contribution in [0.15, 0.2) is 48.5 Å². The van der Waals surface area contributed by atoms with Crippen molar-refractivity contribution >= 4 is 17.4 Å². The number of rotatable bonds is 6. The van der Waals surface area contributed by atoms with Gasteiger partial charge in [-0.05, 0) is 69.3 Å². The summed E-state index contributed by atoms with van der Waals surface area (Å²) in [6.45, 7) is 6.48. The lowest BCUT2D eigenvalue weighted by atomic mass is 10.3. The Morgan fingerprint density at radius 3 is 1.83 bits per heavy atom. The van der Waals surface area contributed by atoms with Gasteiger partial charge in [-0.1, -0.05) is 0 Å². The Balaban J connectivity index is 1.88. The Kier molecular flexibility index (Phi) is 5.86. The molecule has 0 radical (unpaired) electrons. The van der Waals surface area contributed by atoms with E-state index in [1.807, 2.05) is 45.0 Å². The van der Waals surface area contributed by atoms with Gasteiger partial charge < -0.3 is 20.1 Å². The van der Waals surface area contributed by atoms with Crippen LogP contribution in [0, 0.1) is 0 Å². The molecule has 0 atom stereocenters. The van der Waals surface area contributed by atoms with Crippen molar-refractivity contribution in [2.24, 2.45) is 0 Å². The highest BCUT2D eigenvalue weighted by Gasteiger charge is 2.04. The topological polar surface area (TPSA) is 59.6 Å². The molecule has 0 saturated carbocycles. The van der Waals surface area contributed by atoms with Crippen molar-refractivity contribution in [3.05, 3.63) is 48.5 Å². The standard InChI is InChI=1S/C18H22N2O3/c1-4-22-16-9-5-14(6-10-16)19-18(21)20-15-7-11-17(12-8-15)23-13(2)3/h5-13H,4H2,1-3H3,(H2,19,20,21). The van der Waals surface area contributed by atoms with Crippen LogP contribution in [0.4, 0.5) is 16.2 Å². The molecule has 0 aliphatic carbocycles. The van der Waals surface area contributed by atoms with Gasteiger partial charge in [0.1, 0.15) is 11.5 Å². The molecule has 0 fully saturated rings. The lowest BCUT2D eigenvalue weighted by molar-refractivity contribution is 0.242. The fourth-order valence-corrected chi connectivity index (χ4v) is 1.98. The van der Waals surface area contributed by atoms with Gasteiger partial charge in [-0.25, -0.2) is 4.79 Å². The van der Waals surface area contributed by atoms with E-state index >= 15 is 0 Å². The number of ether oxygens (including phenoxy) is 2. The highest BCUT2D eigenvalue weighted by Crippen LogP contribution is 2.18. The molecule has 2 aromatic rings. The van der Waals surface area contributed by atoms with Gasteiger partial charge in [-0.15, -0.1) is 0 Å². The smallest absolute Gasteiger partial charge is 0.323 e. The molecule has 0 saturated heterocycles. The SMILES string of the molecule is CCOc1ccc(NC(=O)Nc2ccc(OC(C)C)cc2)cc1. The van der Waals surface area contributed by atoms with E-state index in [0.29, 0.717) is 18.0 Å². The maximum Gasteiger partial charge on any atom is 0.323 e. The molecule has 0 bridgehead atoms. The van der Waals surface area contributed by atoms with E-state index in [9.17, 15) is 4.79 Å². The van der Waals surface area contributed by atoms with E-state index < -0.39 is 0 Å². The average Bonchev–Trinajstić information content (AvgIpc) is 2.51. The molecule has 122 valence electrons. The monoisotopic (exact) mass is 314 g/mol. The van der Waals surface area contributed by atoms with Crippen LogP contribution in [0.1, 0.15) is 20.8 Å². The van der Waals surface area contributed by atoms with Crippen molar-refractivity contribution in [2.45, 2.75) is 26.9 Å². The molecule has 2 aromatic carbocycles. The third-order valence-corrected chi connectivity index (χ3v) is 2.91. The molecule has 0 heterocycles. The van der Waals surface area contributed by atoms with Crippen LogP contribution >= 0.6 is 0 Å². The number of benzene rings is 2. The number of hydrogen-bond acceptors (Lipinski definition) is 3. The molecule has 2 N–H and O–H groups in total. The molecule has 0 spiro atoms. The van der Waals surface area contributed by atoms with Crippen molar-refractivity contribution in [2.75, 3.05) is 17.2 Å². The Morgan fingerprint density at radius 1 is 0.913 bits per heavy atom. The molecule has 0 aromatic heterocycles.